The van der Waals surface area contributed by atoms with Gasteiger partial charge in [0.25, 0.3) is 10.0 Å². The lowest BCUT2D eigenvalue weighted by molar-refractivity contribution is 0.0690. The maximum absolute atomic E-state index is 11.7. The van der Waals surface area contributed by atoms with Crippen LogP contribution in [0, 0.1) is 0 Å². The fraction of sp³-hybridized carbons (Fsp3) is 0.250. The number of aromatic carboxylic acids is 1. The minimum atomic E-state index is -3.64. The molecule has 0 aliphatic heterocycles. The molecule has 0 fully saturated rings. The molecule has 19 heavy (non-hydrogen) atoms. The van der Waals surface area contributed by atoms with Gasteiger partial charge in [0.05, 0.1) is 18.9 Å². The number of nitrogens with zero attached hydrogens (tertiary/aromatic N) is 4. The zero-order valence-electron chi connectivity index (χ0n) is 9.52. The van der Waals surface area contributed by atoms with E-state index < -0.39 is 16.0 Å². The second kappa shape index (κ2) is 5.16. The number of carboxylic acids is 1. The van der Waals surface area contributed by atoms with E-state index in [0.717, 1.165) is 0 Å². The summed E-state index contributed by atoms with van der Waals surface area (Å²) in [6.07, 6.45) is 2.54. The predicted molar refractivity (Wildman–Crippen MR) is 60.8 cm³/mol. The van der Waals surface area contributed by atoms with Crippen LogP contribution < -0.4 is 4.72 Å². The van der Waals surface area contributed by atoms with Gasteiger partial charge in [-0.1, -0.05) is 5.21 Å². The fourth-order valence-corrected chi connectivity index (χ4v) is 2.20. The molecule has 102 valence electrons. The first-order valence-electron chi connectivity index (χ1n) is 5.11. The van der Waals surface area contributed by atoms with E-state index in [1.54, 1.807) is 0 Å². The Bertz CT molecular complexity index is 661. The van der Waals surface area contributed by atoms with Crippen LogP contribution in [0.25, 0.3) is 0 Å². The minimum Gasteiger partial charge on any atom is -0.476 e. The second-order valence-corrected chi connectivity index (χ2v) is 5.23. The molecule has 0 bridgehead atoms. The Morgan fingerprint density at radius 1 is 1.53 bits per heavy atom. The van der Waals surface area contributed by atoms with Crippen molar-refractivity contribution in [3.05, 3.63) is 24.2 Å². The third-order valence-corrected chi connectivity index (χ3v) is 3.55. The van der Waals surface area contributed by atoms with Crippen LogP contribution in [0.1, 0.15) is 10.5 Å². The first kappa shape index (κ1) is 13.2. The van der Waals surface area contributed by atoms with Gasteiger partial charge in [0.1, 0.15) is 0 Å². The summed E-state index contributed by atoms with van der Waals surface area (Å²) in [5.41, 5.74) is -0.198. The SMILES string of the molecule is O=C(O)c1cn(CCNS(=O)(=O)c2ccn[nH]2)nn1. The maximum Gasteiger partial charge on any atom is 0.358 e. The summed E-state index contributed by atoms with van der Waals surface area (Å²) < 4.78 is 26.9. The Morgan fingerprint density at radius 2 is 2.32 bits per heavy atom. The van der Waals surface area contributed by atoms with Gasteiger partial charge in [-0.3, -0.25) is 9.78 Å². The van der Waals surface area contributed by atoms with Crippen LogP contribution in [0.4, 0.5) is 0 Å². The van der Waals surface area contributed by atoms with E-state index in [2.05, 4.69) is 25.2 Å². The Kier molecular flexibility index (Phi) is 3.57. The van der Waals surface area contributed by atoms with Gasteiger partial charge in [-0.25, -0.2) is 17.9 Å². The van der Waals surface area contributed by atoms with Crippen molar-refractivity contribution >= 4 is 16.0 Å². The van der Waals surface area contributed by atoms with E-state index in [9.17, 15) is 13.2 Å². The number of aromatic amines is 1. The van der Waals surface area contributed by atoms with E-state index >= 15 is 0 Å². The Balaban J connectivity index is 1.91. The van der Waals surface area contributed by atoms with Crippen LogP contribution in [0.5, 0.6) is 0 Å². The molecule has 0 atom stereocenters. The van der Waals surface area contributed by atoms with E-state index in [4.69, 9.17) is 5.11 Å². The molecule has 11 heteroatoms. The van der Waals surface area contributed by atoms with Gasteiger partial charge in [-0.15, -0.1) is 5.10 Å². The van der Waals surface area contributed by atoms with Gasteiger partial charge < -0.3 is 5.11 Å². The number of carbonyl (C=O) groups is 1. The average Bonchev–Trinajstić information content (AvgIpc) is 3.00. The van der Waals surface area contributed by atoms with Gasteiger partial charge in [0, 0.05) is 6.54 Å². The Morgan fingerprint density at radius 3 is 2.89 bits per heavy atom. The zero-order chi connectivity index (χ0) is 13.9. The number of H-pyrrole nitrogens is 1. The molecule has 3 N–H and O–H groups in total. The summed E-state index contributed by atoms with van der Waals surface area (Å²) in [6, 6.07) is 1.32. The molecule has 0 aliphatic carbocycles. The van der Waals surface area contributed by atoms with Crippen molar-refractivity contribution in [3.63, 3.8) is 0 Å². The molecule has 2 heterocycles. The standard InChI is InChI=1S/C8H10N6O4S/c15-8(16)6-5-14(13-11-6)4-3-10-19(17,18)7-1-2-9-12-7/h1-2,5,10H,3-4H2,(H,9,12)(H,15,16). The highest BCUT2D eigenvalue weighted by Crippen LogP contribution is 2.01. The summed E-state index contributed by atoms with van der Waals surface area (Å²) in [5.74, 6) is -1.19. The van der Waals surface area contributed by atoms with Crippen LogP contribution in [-0.2, 0) is 16.6 Å². The molecule has 0 aromatic carbocycles. The number of carboxylic acid groups (broad SMARTS) is 1. The number of sulfonamides is 1. The predicted octanol–water partition coefficient (Wildman–Crippen LogP) is -1.32. The number of nitrogens with one attached hydrogen (secondary N) is 2. The number of aromatic nitrogens is 5. The zero-order valence-corrected chi connectivity index (χ0v) is 10.3. The van der Waals surface area contributed by atoms with Crippen molar-refractivity contribution in [1.29, 1.82) is 0 Å². The largest absolute Gasteiger partial charge is 0.476 e. The van der Waals surface area contributed by atoms with Crippen molar-refractivity contribution in [3.8, 4) is 0 Å². The lowest BCUT2D eigenvalue weighted by Gasteiger charge is -2.03. The van der Waals surface area contributed by atoms with Crippen molar-refractivity contribution in [1.82, 2.24) is 29.9 Å². The number of hydrogen-bond donors (Lipinski definition) is 3. The molecular formula is C8H10N6O4S. The highest BCUT2D eigenvalue weighted by molar-refractivity contribution is 7.89. The van der Waals surface area contributed by atoms with Crippen molar-refractivity contribution in [2.75, 3.05) is 6.54 Å². The van der Waals surface area contributed by atoms with E-state index in [1.165, 1.54) is 23.1 Å². The van der Waals surface area contributed by atoms with Crippen LogP contribution in [0.2, 0.25) is 0 Å². The Labute approximate surface area is 107 Å². The summed E-state index contributed by atoms with van der Waals surface area (Å²) in [7, 11) is -3.64. The molecule has 2 aromatic heterocycles. The third-order valence-electron chi connectivity index (χ3n) is 2.16. The quantitative estimate of drug-likeness (QED) is 0.597. The smallest absolute Gasteiger partial charge is 0.358 e. The van der Waals surface area contributed by atoms with E-state index in [-0.39, 0.29) is 23.8 Å². The molecule has 10 nitrogen and oxygen atoms in total. The summed E-state index contributed by atoms with van der Waals surface area (Å²) >= 11 is 0. The first-order valence-corrected chi connectivity index (χ1v) is 6.60. The summed E-state index contributed by atoms with van der Waals surface area (Å²) in [4.78, 5) is 10.6. The molecule has 0 radical (unpaired) electrons. The van der Waals surface area contributed by atoms with Gasteiger partial charge in [-0.2, -0.15) is 5.10 Å². The molecule has 2 rings (SSSR count). The molecule has 2 aromatic rings. The highest BCUT2D eigenvalue weighted by Gasteiger charge is 2.15. The molecule has 0 amide bonds. The normalized spacial score (nSPS) is 11.6. The van der Waals surface area contributed by atoms with Gasteiger partial charge in [0.15, 0.2) is 10.7 Å². The van der Waals surface area contributed by atoms with E-state index in [0.29, 0.717) is 0 Å². The number of hydrogen-bond acceptors (Lipinski definition) is 6. The summed E-state index contributed by atoms with van der Waals surface area (Å²) in [6.45, 7) is 0.206. The molecule has 0 aliphatic rings. The van der Waals surface area contributed by atoms with Gasteiger partial charge >= 0.3 is 5.97 Å². The lowest BCUT2D eigenvalue weighted by atomic mass is 10.5. The lowest BCUT2D eigenvalue weighted by Crippen LogP contribution is -2.27. The highest BCUT2D eigenvalue weighted by atomic mass is 32.2. The maximum atomic E-state index is 11.7. The van der Waals surface area contributed by atoms with Crippen LogP contribution >= 0.6 is 0 Å². The van der Waals surface area contributed by atoms with Gasteiger partial charge in [-0.05, 0) is 6.07 Å². The molecule has 0 spiro atoms. The van der Waals surface area contributed by atoms with Crippen molar-refractivity contribution < 1.29 is 18.3 Å². The third kappa shape index (κ3) is 3.14. The van der Waals surface area contributed by atoms with Crippen LogP contribution in [0.3, 0.4) is 0 Å². The topological polar surface area (TPSA) is 143 Å². The average molecular weight is 286 g/mol. The molecule has 0 saturated carbocycles. The van der Waals surface area contributed by atoms with E-state index in [1.807, 2.05) is 0 Å². The first-order chi connectivity index (χ1) is 8.99. The van der Waals surface area contributed by atoms with Crippen LogP contribution in [-0.4, -0.2) is 51.2 Å². The van der Waals surface area contributed by atoms with Crippen molar-refractivity contribution in [2.24, 2.45) is 0 Å². The summed E-state index contributed by atoms with van der Waals surface area (Å²) in [5, 5.41) is 21.4. The second-order valence-electron chi connectivity index (χ2n) is 3.49. The van der Waals surface area contributed by atoms with Gasteiger partial charge in [0.2, 0.25) is 0 Å². The molecule has 0 saturated heterocycles. The van der Waals surface area contributed by atoms with Crippen LogP contribution in [0.15, 0.2) is 23.5 Å². The molecular weight excluding hydrogens is 276 g/mol. The van der Waals surface area contributed by atoms with Crippen molar-refractivity contribution in [2.45, 2.75) is 11.6 Å². The Hall–Kier alpha value is -2.27. The fourth-order valence-electron chi connectivity index (χ4n) is 1.27. The number of rotatable bonds is 6. The molecule has 0 unspecified atom stereocenters. The monoisotopic (exact) mass is 286 g/mol. The minimum absolute atomic E-state index is 0.0442.